The number of piperidine rings is 1. The van der Waals surface area contributed by atoms with Crippen LogP contribution in [0.2, 0.25) is 0 Å². The minimum atomic E-state index is -0.549. The highest BCUT2D eigenvalue weighted by Gasteiger charge is 2.26. The molecule has 1 aliphatic rings. The summed E-state index contributed by atoms with van der Waals surface area (Å²) in [6.45, 7) is 2.59. The number of likely N-dealkylation sites (tertiary alicyclic amines) is 1. The number of halogens is 2. The van der Waals surface area contributed by atoms with E-state index in [4.69, 9.17) is 10.3 Å². The number of aliphatic hydroxyl groups excluding tert-OH is 1. The van der Waals surface area contributed by atoms with Gasteiger partial charge in [0.05, 0.1) is 19.2 Å². The van der Waals surface area contributed by atoms with Gasteiger partial charge in [-0.25, -0.2) is 4.39 Å². The van der Waals surface area contributed by atoms with Crippen molar-refractivity contribution in [3.8, 4) is 0 Å². The normalized spacial score (nSPS) is 17.5. The van der Waals surface area contributed by atoms with Crippen molar-refractivity contribution >= 4 is 12.4 Å². The van der Waals surface area contributed by atoms with Crippen molar-refractivity contribution in [1.82, 2.24) is 15.0 Å². The van der Waals surface area contributed by atoms with Crippen LogP contribution in [0.3, 0.4) is 0 Å². The minimum absolute atomic E-state index is 0. The average molecular weight is 357 g/mol. The Morgan fingerprint density at radius 3 is 2.54 bits per heavy atom. The van der Waals surface area contributed by atoms with E-state index in [1.165, 1.54) is 12.1 Å². The lowest BCUT2D eigenvalue weighted by atomic mass is 9.87. The number of aromatic nitrogens is 2. The second kappa shape index (κ2) is 8.53. The summed E-state index contributed by atoms with van der Waals surface area (Å²) in [6.07, 6.45) is 1.20. The number of hydrogen-bond donors (Lipinski definition) is 2. The van der Waals surface area contributed by atoms with Crippen LogP contribution in [-0.4, -0.2) is 33.2 Å². The van der Waals surface area contributed by atoms with Crippen molar-refractivity contribution in [3.05, 3.63) is 47.4 Å². The molecule has 1 fully saturated rings. The number of aliphatic hydroxyl groups is 1. The minimum Gasteiger partial charge on any atom is -0.388 e. The number of nitrogens with zero attached hydrogens (tertiary/aromatic N) is 3. The summed E-state index contributed by atoms with van der Waals surface area (Å²) in [4.78, 5) is 6.44. The number of nitrogens with two attached hydrogens (primary N) is 1. The van der Waals surface area contributed by atoms with Gasteiger partial charge in [-0.2, -0.15) is 4.98 Å². The fourth-order valence-electron chi connectivity index (χ4n) is 3.00. The van der Waals surface area contributed by atoms with E-state index in [0.29, 0.717) is 18.3 Å². The van der Waals surface area contributed by atoms with Crippen LogP contribution in [0.1, 0.15) is 36.2 Å². The second-order valence-electron chi connectivity index (χ2n) is 5.92. The Kier molecular flexibility index (Phi) is 6.68. The lowest BCUT2D eigenvalue weighted by Crippen LogP contribution is -2.35. The molecule has 0 radical (unpaired) electrons. The lowest BCUT2D eigenvalue weighted by molar-refractivity contribution is 0.0558. The first-order chi connectivity index (χ1) is 11.2. The largest absolute Gasteiger partial charge is 0.388 e. The zero-order valence-electron chi connectivity index (χ0n) is 13.3. The quantitative estimate of drug-likeness (QED) is 0.852. The van der Waals surface area contributed by atoms with Gasteiger partial charge in [0.15, 0.2) is 5.82 Å². The molecule has 1 aliphatic heterocycles. The fraction of sp³-hybridized carbons (Fsp3) is 0.500. The van der Waals surface area contributed by atoms with Gasteiger partial charge in [-0.15, -0.1) is 12.4 Å². The predicted octanol–water partition coefficient (Wildman–Crippen LogP) is 2.03. The summed E-state index contributed by atoms with van der Waals surface area (Å²) < 4.78 is 18.0. The van der Waals surface area contributed by atoms with Crippen LogP contribution in [0.15, 0.2) is 28.8 Å². The van der Waals surface area contributed by atoms with Crippen molar-refractivity contribution in [3.63, 3.8) is 0 Å². The molecule has 1 aromatic heterocycles. The van der Waals surface area contributed by atoms with Crippen LogP contribution >= 0.6 is 12.4 Å². The van der Waals surface area contributed by atoms with Crippen molar-refractivity contribution in [2.24, 2.45) is 11.7 Å². The van der Waals surface area contributed by atoms with Crippen LogP contribution in [0.5, 0.6) is 0 Å². The molecule has 3 rings (SSSR count). The molecular formula is C16H22ClFN4O2. The van der Waals surface area contributed by atoms with E-state index in [1.54, 1.807) is 12.1 Å². The molecule has 0 amide bonds. The SMILES string of the molecule is Cl.NCc1nc(CN2CCC(C(O)c3ccc(F)cc3)CC2)no1. The standard InChI is InChI=1S/C16H21FN4O2.ClH/c17-13-3-1-11(2-4-13)16(22)12-5-7-21(8-6-12)10-14-19-15(9-18)23-20-14;/h1-4,12,16,22H,5-10,18H2;1H. The smallest absolute Gasteiger partial charge is 0.240 e. The molecular weight excluding hydrogens is 335 g/mol. The highest BCUT2D eigenvalue weighted by atomic mass is 35.5. The molecule has 3 N–H and O–H groups in total. The van der Waals surface area contributed by atoms with Crippen LogP contribution < -0.4 is 5.73 Å². The summed E-state index contributed by atoms with van der Waals surface area (Å²) >= 11 is 0. The second-order valence-corrected chi connectivity index (χ2v) is 5.92. The molecule has 6 nitrogen and oxygen atoms in total. The first kappa shape index (κ1) is 18.8. The Balaban J connectivity index is 0.00000208. The van der Waals surface area contributed by atoms with Crippen LogP contribution in [0, 0.1) is 11.7 Å². The molecule has 1 atom stereocenters. The molecule has 2 heterocycles. The summed E-state index contributed by atoms with van der Waals surface area (Å²) in [7, 11) is 0. The van der Waals surface area contributed by atoms with E-state index in [-0.39, 0.29) is 30.7 Å². The van der Waals surface area contributed by atoms with Gasteiger partial charge in [0.2, 0.25) is 5.89 Å². The maximum atomic E-state index is 13.0. The van der Waals surface area contributed by atoms with Crippen LogP contribution in [0.25, 0.3) is 0 Å². The summed E-state index contributed by atoms with van der Waals surface area (Å²) in [5.74, 6) is 0.985. The Hall–Kier alpha value is -1.54. The van der Waals surface area contributed by atoms with Gasteiger partial charge in [0.25, 0.3) is 0 Å². The first-order valence-electron chi connectivity index (χ1n) is 7.83. The molecule has 1 saturated heterocycles. The van der Waals surface area contributed by atoms with E-state index in [9.17, 15) is 9.50 Å². The number of hydrogen-bond acceptors (Lipinski definition) is 6. The van der Waals surface area contributed by atoms with Crippen molar-refractivity contribution in [2.75, 3.05) is 13.1 Å². The molecule has 132 valence electrons. The molecule has 1 unspecified atom stereocenters. The van der Waals surface area contributed by atoms with E-state index < -0.39 is 6.10 Å². The summed E-state index contributed by atoms with van der Waals surface area (Å²) in [5, 5.41) is 14.4. The molecule has 0 aliphatic carbocycles. The van der Waals surface area contributed by atoms with Crippen molar-refractivity contribution in [1.29, 1.82) is 0 Å². The van der Waals surface area contributed by atoms with Crippen LogP contribution in [0.4, 0.5) is 4.39 Å². The maximum Gasteiger partial charge on any atom is 0.240 e. The van der Waals surface area contributed by atoms with Crippen molar-refractivity contribution in [2.45, 2.75) is 32.0 Å². The van der Waals surface area contributed by atoms with Gasteiger partial charge >= 0.3 is 0 Å². The van der Waals surface area contributed by atoms with Gasteiger partial charge in [0.1, 0.15) is 5.82 Å². The molecule has 1 aromatic carbocycles. The topological polar surface area (TPSA) is 88.4 Å². The molecule has 0 spiro atoms. The third-order valence-electron chi connectivity index (χ3n) is 4.34. The van der Waals surface area contributed by atoms with E-state index in [2.05, 4.69) is 15.0 Å². The third kappa shape index (κ3) is 4.51. The first-order valence-corrected chi connectivity index (χ1v) is 7.83. The predicted molar refractivity (Wildman–Crippen MR) is 88.8 cm³/mol. The van der Waals surface area contributed by atoms with Crippen molar-refractivity contribution < 1.29 is 14.0 Å². The van der Waals surface area contributed by atoms with Gasteiger partial charge in [-0.05, 0) is 49.5 Å². The zero-order chi connectivity index (χ0) is 16.2. The Labute approximate surface area is 146 Å². The molecule has 2 aromatic rings. The molecule has 0 bridgehead atoms. The van der Waals surface area contributed by atoms with E-state index in [0.717, 1.165) is 31.5 Å². The Morgan fingerprint density at radius 2 is 1.96 bits per heavy atom. The summed E-state index contributed by atoms with van der Waals surface area (Å²) in [6, 6.07) is 6.08. The van der Waals surface area contributed by atoms with Gasteiger partial charge in [-0.3, -0.25) is 4.90 Å². The maximum absolute atomic E-state index is 13.0. The highest BCUT2D eigenvalue weighted by Crippen LogP contribution is 2.31. The average Bonchev–Trinajstić information content (AvgIpc) is 3.03. The monoisotopic (exact) mass is 356 g/mol. The van der Waals surface area contributed by atoms with Gasteiger partial charge in [0, 0.05) is 0 Å². The van der Waals surface area contributed by atoms with Gasteiger partial charge < -0.3 is 15.4 Å². The Bertz CT molecular complexity index is 629. The highest BCUT2D eigenvalue weighted by molar-refractivity contribution is 5.85. The Morgan fingerprint density at radius 1 is 1.29 bits per heavy atom. The lowest BCUT2D eigenvalue weighted by Gasteiger charge is -2.33. The molecule has 0 saturated carbocycles. The zero-order valence-corrected chi connectivity index (χ0v) is 14.1. The molecule has 8 heteroatoms. The molecule has 24 heavy (non-hydrogen) atoms. The van der Waals surface area contributed by atoms with E-state index >= 15 is 0 Å². The van der Waals surface area contributed by atoms with E-state index in [1.807, 2.05) is 0 Å². The third-order valence-corrected chi connectivity index (χ3v) is 4.34. The number of benzene rings is 1. The fourth-order valence-corrected chi connectivity index (χ4v) is 3.00. The van der Waals surface area contributed by atoms with Gasteiger partial charge in [-0.1, -0.05) is 17.3 Å². The van der Waals surface area contributed by atoms with Crippen LogP contribution in [-0.2, 0) is 13.1 Å². The summed E-state index contributed by atoms with van der Waals surface area (Å²) in [5.41, 5.74) is 6.23. The number of rotatable bonds is 5.